The summed E-state index contributed by atoms with van der Waals surface area (Å²) >= 11 is 5.23. The predicted molar refractivity (Wildman–Crippen MR) is 74.5 cm³/mol. The highest BCUT2D eigenvalue weighted by molar-refractivity contribution is 7.71. The average molecular weight is 270 g/mol. The Hall–Kier alpha value is -2.34. The van der Waals surface area contributed by atoms with E-state index in [0.29, 0.717) is 22.4 Å². The lowest BCUT2D eigenvalue weighted by atomic mass is 10.2. The zero-order valence-corrected chi connectivity index (χ0v) is 10.7. The second-order valence-electron chi connectivity index (χ2n) is 4.08. The molecule has 2 heterocycles. The van der Waals surface area contributed by atoms with E-state index in [0.717, 1.165) is 5.52 Å². The van der Waals surface area contributed by atoms with Crippen LogP contribution in [0.25, 0.3) is 10.9 Å². The van der Waals surface area contributed by atoms with Gasteiger partial charge >= 0.3 is 0 Å². The Balaban J connectivity index is 2.19. The molecule has 0 amide bonds. The number of aromatic amines is 1. The molecule has 0 saturated carbocycles. The van der Waals surface area contributed by atoms with Crippen molar-refractivity contribution in [1.29, 1.82) is 0 Å². The summed E-state index contributed by atoms with van der Waals surface area (Å²) in [5.41, 5.74) is 1.32. The van der Waals surface area contributed by atoms with Crippen molar-refractivity contribution in [3.8, 4) is 0 Å². The minimum Gasteiger partial charge on any atom is -0.332 e. The zero-order valence-electron chi connectivity index (χ0n) is 9.91. The number of para-hydroxylation sites is 1. The molecule has 0 bridgehead atoms. The van der Waals surface area contributed by atoms with E-state index in [2.05, 4.69) is 15.2 Å². The SMILES string of the molecule is O=c1c2ccccc2[nH]c(=S)n1Cc1cccnn1. The maximum atomic E-state index is 12.4. The molecule has 1 aromatic carbocycles. The smallest absolute Gasteiger partial charge is 0.262 e. The molecule has 3 rings (SSSR count). The Morgan fingerprint density at radius 1 is 1.21 bits per heavy atom. The number of aromatic nitrogens is 4. The molecule has 3 aromatic rings. The van der Waals surface area contributed by atoms with Crippen LogP contribution in [-0.4, -0.2) is 19.7 Å². The molecule has 0 aliphatic heterocycles. The molecule has 0 saturated heterocycles. The lowest BCUT2D eigenvalue weighted by Crippen LogP contribution is -2.23. The number of nitrogens with zero attached hydrogens (tertiary/aromatic N) is 3. The highest BCUT2D eigenvalue weighted by Gasteiger charge is 2.06. The van der Waals surface area contributed by atoms with E-state index in [9.17, 15) is 4.79 Å². The first-order valence-corrected chi connectivity index (χ1v) is 6.15. The number of hydrogen-bond acceptors (Lipinski definition) is 4. The van der Waals surface area contributed by atoms with Gasteiger partial charge in [-0.15, -0.1) is 0 Å². The van der Waals surface area contributed by atoms with E-state index < -0.39 is 0 Å². The van der Waals surface area contributed by atoms with Crippen LogP contribution in [0.5, 0.6) is 0 Å². The fraction of sp³-hybridized carbons (Fsp3) is 0.0769. The first-order chi connectivity index (χ1) is 9.25. The second kappa shape index (κ2) is 4.74. The molecule has 0 spiro atoms. The van der Waals surface area contributed by atoms with Gasteiger partial charge in [-0.3, -0.25) is 9.36 Å². The molecular weight excluding hydrogens is 260 g/mol. The van der Waals surface area contributed by atoms with Crippen molar-refractivity contribution in [2.24, 2.45) is 0 Å². The quantitative estimate of drug-likeness (QED) is 0.722. The molecule has 19 heavy (non-hydrogen) atoms. The molecule has 0 aliphatic rings. The molecule has 0 unspecified atom stereocenters. The predicted octanol–water partition coefficient (Wildman–Crippen LogP) is 1.90. The Kier molecular flexibility index (Phi) is 2.92. The van der Waals surface area contributed by atoms with Crippen LogP contribution in [0.4, 0.5) is 0 Å². The van der Waals surface area contributed by atoms with Gasteiger partial charge in [-0.1, -0.05) is 12.1 Å². The molecule has 0 fully saturated rings. The molecule has 0 aliphatic carbocycles. The Bertz CT molecular complexity index is 838. The largest absolute Gasteiger partial charge is 0.332 e. The summed E-state index contributed by atoms with van der Waals surface area (Å²) in [5, 5.41) is 8.37. The third-order valence-electron chi connectivity index (χ3n) is 2.84. The fourth-order valence-corrected chi connectivity index (χ4v) is 2.18. The lowest BCUT2D eigenvalue weighted by molar-refractivity contribution is 0.704. The van der Waals surface area contributed by atoms with Crippen molar-refractivity contribution in [2.75, 3.05) is 0 Å². The van der Waals surface area contributed by atoms with E-state index in [4.69, 9.17) is 12.2 Å². The molecule has 6 heteroatoms. The van der Waals surface area contributed by atoms with Gasteiger partial charge in [0.1, 0.15) is 0 Å². The van der Waals surface area contributed by atoms with Crippen molar-refractivity contribution in [3.63, 3.8) is 0 Å². The van der Waals surface area contributed by atoms with Gasteiger partial charge in [0.15, 0.2) is 4.77 Å². The van der Waals surface area contributed by atoms with Crippen LogP contribution in [0.3, 0.4) is 0 Å². The van der Waals surface area contributed by atoms with E-state index in [-0.39, 0.29) is 5.56 Å². The average Bonchev–Trinajstić information content (AvgIpc) is 2.45. The number of benzene rings is 1. The third kappa shape index (κ3) is 2.17. The number of fused-ring (bicyclic) bond motifs is 1. The van der Waals surface area contributed by atoms with Gasteiger partial charge in [0, 0.05) is 6.20 Å². The van der Waals surface area contributed by atoms with E-state index >= 15 is 0 Å². The molecule has 2 aromatic heterocycles. The van der Waals surface area contributed by atoms with Crippen molar-refractivity contribution < 1.29 is 0 Å². The van der Waals surface area contributed by atoms with Crippen LogP contribution in [0, 0.1) is 4.77 Å². The van der Waals surface area contributed by atoms with Crippen LogP contribution in [0.15, 0.2) is 47.4 Å². The summed E-state index contributed by atoms with van der Waals surface area (Å²) in [4.78, 5) is 15.4. The molecule has 1 N–H and O–H groups in total. The Morgan fingerprint density at radius 2 is 2.05 bits per heavy atom. The molecule has 0 radical (unpaired) electrons. The summed E-state index contributed by atoms with van der Waals surface area (Å²) in [5.74, 6) is 0. The van der Waals surface area contributed by atoms with Crippen molar-refractivity contribution in [2.45, 2.75) is 6.54 Å². The van der Waals surface area contributed by atoms with Crippen LogP contribution >= 0.6 is 12.2 Å². The van der Waals surface area contributed by atoms with Crippen LogP contribution in [0.1, 0.15) is 5.69 Å². The first-order valence-electron chi connectivity index (χ1n) is 5.74. The topological polar surface area (TPSA) is 63.6 Å². The molecule has 94 valence electrons. The fourth-order valence-electron chi connectivity index (χ4n) is 1.92. The van der Waals surface area contributed by atoms with Crippen LogP contribution in [0.2, 0.25) is 0 Å². The third-order valence-corrected chi connectivity index (χ3v) is 3.16. The lowest BCUT2D eigenvalue weighted by Gasteiger charge is -2.06. The Morgan fingerprint density at radius 3 is 2.84 bits per heavy atom. The standard InChI is InChI=1S/C13H10N4OS/c18-12-10-5-1-2-6-11(10)15-13(19)17(12)8-9-4-3-7-14-16-9/h1-7H,8H2,(H,15,19). The Labute approximate surface area is 113 Å². The molecular formula is C13H10N4OS. The number of nitrogens with one attached hydrogen (secondary N) is 1. The van der Waals surface area contributed by atoms with Gasteiger partial charge in [-0.05, 0) is 36.5 Å². The van der Waals surface area contributed by atoms with Gasteiger partial charge in [-0.2, -0.15) is 10.2 Å². The number of rotatable bonds is 2. The normalized spacial score (nSPS) is 10.7. The number of H-pyrrole nitrogens is 1. The minimum absolute atomic E-state index is 0.120. The maximum Gasteiger partial charge on any atom is 0.262 e. The summed E-state index contributed by atoms with van der Waals surface area (Å²) < 4.78 is 1.87. The van der Waals surface area contributed by atoms with Gasteiger partial charge in [0.2, 0.25) is 0 Å². The van der Waals surface area contributed by atoms with Crippen molar-refractivity contribution in [1.82, 2.24) is 19.7 Å². The summed E-state index contributed by atoms with van der Waals surface area (Å²) in [6.07, 6.45) is 1.59. The van der Waals surface area contributed by atoms with E-state index in [1.165, 1.54) is 4.57 Å². The van der Waals surface area contributed by atoms with Crippen molar-refractivity contribution in [3.05, 3.63) is 63.4 Å². The summed E-state index contributed by atoms with van der Waals surface area (Å²) in [7, 11) is 0. The number of hydrogen-bond donors (Lipinski definition) is 1. The zero-order chi connectivity index (χ0) is 13.2. The second-order valence-corrected chi connectivity index (χ2v) is 4.47. The summed E-state index contributed by atoms with van der Waals surface area (Å²) in [6, 6.07) is 10.9. The first kappa shape index (κ1) is 11.7. The highest BCUT2D eigenvalue weighted by Crippen LogP contribution is 2.06. The van der Waals surface area contributed by atoms with Gasteiger partial charge < -0.3 is 4.98 Å². The minimum atomic E-state index is -0.120. The van der Waals surface area contributed by atoms with Gasteiger partial charge in [-0.25, -0.2) is 0 Å². The van der Waals surface area contributed by atoms with E-state index in [1.807, 2.05) is 24.3 Å². The van der Waals surface area contributed by atoms with E-state index in [1.54, 1.807) is 18.3 Å². The monoisotopic (exact) mass is 270 g/mol. The van der Waals surface area contributed by atoms with Crippen LogP contribution < -0.4 is 5.56 Å². The van der Waals surface area contributed by atoms with Crippen LogP contribution in [-0.2, 0) is 6.54 Å². The maximum absolute atomic E-state index is 12.4. The molecule has 5 nitrogen and oxygen atoms in total. The molecule has 0 atom stereocenters. The summed E-state index contributed by atoms with van der Waals surface area (Å²) in [6.45, 7) is 0.312. The highest BCUT2D eigenvalue weighted by atomic mass is 32.1. The van der Waals surface area contributed by atoms with Gasteiger partial charge in [0.25, 0.3) is 5.56 Å². The van der Waals surface area contributed by atoms with Gasteiger partial charge in [0.05, 0.1) is 23.1 Å². The van der Waals surface area contributed by atoms with Crippen molar-refractivity contribution >= 4 is 23.1 Å².